The Morgan fingerprint density at radius 1 is 1.11 bits per heavy atom. The number of thiazole rings is 1. The monoisotopic (exact) mass is 506 g/mol. The summed E-state index contributed by atoms with van der Waals surface area (Å²) in [4.78, 5) is 44.3. The van der Waals surface area contributed by atoms with Gasteiger partial charge in [-0.1, -0.05) is 30.3 Å². The number of benzene rings is 2. The number of hydrogen-bond acceptors (Lipinski definition) is 6. The summed E-state index contributed by atoms with van der Waals surface area (Å²) in [7, 11) is 1.38. The molecule has 0 bridgehead atoms. The van der Waals surface area contributed by atoms with Gasteiger partial charge in [-0.15, -0.1) is 11.3 Å². The van der Waals surface area contributed by atoms with Crippen LogP contribution in [0.15, 0.2) is 54.7 Å². The molecule has 9 heteroatoms. The highest BCUT2D eigenvalue weighted by Gasteiger charge is 2.32. The highest BCUT2D eigenvalue weighted by Crippen LogP contribution is 2.35. The number of ether oxygens (including phenoxy) is 1. The van der Waals surface area contributed by atoms with Gasteiger partial charge in [-0.05, 0) is 55.5 Å². The van der Waals surface area contributed by atoms with E-state index in [0.29, 0.717) is 25.1 Å². The number of hydrogen-bond donors (Lipinski definition) is 2. The molecule has 1 aliphatic rings. The predicted octanol–water partition coefficient (Wildman–Crippen LogP) is 5.11. The zero-order valence-corrected chi connectivity index (χ0v) is 21.3. The fraction of sp³-hybridized carbons (Fsp3) is 0.333. The van der Waals surface area contributed by atoms with Crippen LogP contribution in [-0.2, 0) is 27.2 Å². The van der Waals surface area contributed by atoms with E-state index in [1.54, 1.807) is 29.7 Å². The van der Waals surface area contributed by atoms with Crippen molar-refractivity contribution in [3.05, 3.63) is 75.7 Å². The number of aromatic nitrogens is 1. The van der Waals surface area contributed by atoms with E-state index >= 15 is 0 Å². The Morgan fingerprint density at radius 3 is 2.64 bits per heavy atom. The Kier molecular flexibility index (Phi) is 8.32. The van der Waals surface area contributed by atoms with E-state index in [4.69, 9.17) is 4.74 Å². The molecular weight excluding hydrogens is 476 g/mol. The summed E-state index contributed by atoms with van der Waals surface area (Å²) in [6, 6.07) is 14.6. The van der Waals surface area contributed by atoms with Crippen molar-refractivity contribution in [2.75, 3.05) is 24.3 Å². The van der Waals surface area contributed by atoms with Crippen LogP contribution in [0, 0.1) is 6.92 Å². The van der Waals surface area contributed by atoms with Gasteiger partial charge in [-0.25, -0.2) is 9.78 Å². The van der Waals surface area contributed by atoms with Crippen molar-refractivity contribution in [3.63, 3.8) is 0 Å². The maximum atomic E-state index is 13.1. The van der Waals surface area contributed by atoms with Crippen LogP contribution in [0.2, 0.25) is 0 Å². The number of nitrogens with zero attached hydrogens (tertiary/aromatic N) is 2. The van der Waals surface area contributed by atoms with Gasteiger partial charge in [0.1, 0.15) is 5.01 Å². The van der Waals surface area contributed by atoms with Gasteiger partial charge < -0.3 is 20.3 Å². The fourth-order valence-corrected chi connectivity index (χ4v) is 5.29. The van der Waals surface area contributed by atoms with Crippen LogP contribution in [0.4, 0.5) is 16.2 Å². The van der Waals surface area contributed by atoms with E-state index in [9.17, 15) is 14.4 Å². The van der Waals surface area contributed by atoms with Gasteiger partial charge in [-0.3, -0.25) is 9.59 Å². The minimum absolute atomic E-state index is 0.0274. The molecule has 8 nitrogen and oxygen atoms in total. The molecular formula is C27H30N4O4S. The van der Waals surface area contributed by atoms with Crippen LogP contribution in [0.25, 0.3) is 0 Å². The van der Waals surface area contributed by atoms with Gasteiger partial charge in [-0.2, -0.15) is 0 Å². The molecule has 1 aliphatic heterocycles. The first-order valence-electron chi connectivity index (χ1n) is 12.0. The Morgan fingerprint density at radius 2 is 1.89 bits per heavy atom. The number of amides is 3. The maximum Gasteiger partial charge on any atom is 0.323 e. The van der Waals surface area contributed by atoms with E-state index in [2.05, 4.69) is 15.6 Å². The molecule has 1 saturated heterocycles. The number of aryl methyl sites for hydroxylation is 2. The van der Waals surface area contributed by atoms with Gasteiger partial charge in [0, 0.05) is 29.0 Å². The normalized spacial score (nSPS) is 14.9. The van der Waals surface area contributed by atoms with E-state index in [1.165, 1.54) is 7.11 Å². The Labute approximate surface area is 214 Å². The first kappa shape index (κ1) is 25.4. The summed E-state index contributed by atoms with van der Waals surface area (Å²) in [5, 5.41) is 6.58. The molecule has 1 fully saturated rings. The third-order valence-corrected chi connectivity index (χ3v) is 7.35. The number of anilines is 2. The van der Waals surface area contributed by atoms with Gasteiger partial charge in [0.15, 0.2) is 0 Å². The van der Waals surface area contributed by atoms with Crippen LogP contribution < -0.4 is 10.6 Å². The van der Waals surface area contributed by atoms with Crippen molar-refractivity contribution in [1.82, 2.24) is 9.88 Å². The zero-order valence-electron chi connectivity index (χ0n) is 20.5. The lowest BCUT2D eigenvalue weighted by molar-refractivity contribution is -0.140. The van der Waals surface area contributed by atoms with Crippen LogP contribution in [0.5, 0.6) is 0 Å². The number of carbonyl (C=O) groups is 3. The van der Waals surface area contributed by atoms with Crippen molar-refractivity contribution in [3.8, 4) is 0 Å². The topological polar surface area (TPSA) is 101 Å². The molecule has 0 aliphatic carbocycles. The van der Waals surface area contributed by atoms with Gasteiger partial charge in [0.25, 0.3) is 0 Å². The molecule has 36 heavy (non-hydrogen) atoms. The predicted molar refractivity (Wildman–Crippen MR) is 140 cm³/mol. The van der Waals surface area contributed by atoms with Crippen LogP contribution in [-0.4, -0.2) is 41.4 Å². The Balaban J connectivity index is 1.31. The van der Waals surface area contributed by atoms with Crippen LogP contribution in [0.1, 0.15) is 46.3 Å². The highest BCUT2D eigenvalue weighted by atomic mass is 32.1. The van der Waals surface area contributed by atoms with Crippen molar-refractivity contribution >= 4 is 40.6 Å². The molecule has 188 valence electrons. The number of urea groups is 1. The lowest BCUT2D eigenvalue weighted by Crippen LogP contribution is -2.31. The number of rotatable bonds is 8. The summed E-state index contributed by atoms with van der Waals surface area (Å²) in [6.07, 6.45) is 4.82. The molecule has 0 spiro atoms. The molecule has 4 rings (SSSR count). The van der Waals surface area contributed by atoms with Crippen molar-refractivity contribution in [2.24, 2.45) is 0 Å². The van der Waals surface area contributed by atoms with Gasteiger partial charge in [0.2, 0.25) is 5.91 Å². The molecule has 1 unspecified atom stereocenters. The number of para-hydroxylation sites is 1. The lowest BCUT2D eigenvalue weighted by Gasteiger charge is -2.23. The van der Waals surface area contributed by atoms with Gasteiger partial charge >= 0.3 is 12.0 Å². The van der Waals surface area contributed by atoms with Crippen LogP contribution >= 0.6 is 11.3 Å². The number of likely N-dealkylation sites (tertiary alicyclic amines) is 1. The second-order valence-corrected chi connectivity index (χ2v) is 9.90. The average molecular weight is 507 g/mol. The molecule has 2 N–H and O–H groups in total. The summed E-state index contributed by atoms with van der Waals surface area (Å²) in [5.74, 6) is -0.183. The second-order valence-electron chi connectivity index (χ2n) is 8.75. The molecule has 2 heterocycles. The number of nitrogens with one attached hydrogen (secondary N) is 2. The number of carbonyl (C=O) groups excluding carboxylic acids is 3. The quantitative estimate of drug-likeness (QED) is 0.414. The number of methoxy groups -OCH3 is 1. The average Bonchev–Trinajstić information content (AvgIpc) is 3.55. The summed E-state index contributed by atoms with van der Waals surface area (Å²) in [5.41, 5.74) is 3.28. The third kappa shape index (κ3) is 6.48. The third-order valence-electron chi connectivity index (χ3n) is 6.19. The first-order chi connectivity index (χ1) is 17.4. The van der Waals surface area contributed by atoms with Crippen LogP contribution in [0.3, 0.4) is 0 Å². The molecule has 0 radical (unpaired) electrons. The summed E-state index contributed by atoms with van der Waals surface area (Å²) in [6.45, 7) is 2.64. The van der Waals surface area contributed by atoms with E-state index in [0.717, 1.165) is 39.5 Å². The Bertz CT molecular complexity index is 1220. The Hall–Kier alpha value is -3.72. The SMILES string of the molecule is COC(=O)CCc1cnc(C2CCCN2C(=O)Cc2ccc(NC(=O)Nc3ccccc3C)cc2)s1. The standard InChI is InChI=1S/C27H30N4O4S/c1-18-6-3-4-7-22(18)30-27(34)29-20-11-9-19(10-12-20)16-24(32)31-15-5-8-23(31)26-28-17-21(36-26)13-14-25(33)35-2/h3-4,6-7,9-12,17,23H,5,8,13-16H2,1-2H3,(H2,29,30,34). The molecule has 0 saturated carbocycles. The minimum atomic E-state index is -0.317. The fourth-order valence-electron chi connectivity index (χ4n) is 4.22. The first-order valence-corrected chi connectivity index (χ1v) is 12.8. The van der Waals surface area contributed by atoms with Crippen molar-refractivity contribution < 1.29 is 19.1 Å². The van der Waals surface area contributed by atoms with E-state index in [-0.39, 0.29) is 30.4 Å². The van der Waals surface area contributed by atoms with Crippen molar-refractivity contribution in [1.29, 1.82) is 0 Å². The zero-order chi connectivity index (χ0) is 25.5. The summed E-state index contributed by atoms with van der Waals surface area (Å²) < 4.78 is 4.71. The maximum absolute atomic E-state index is 13.1. The summed E-state index contributed by atoms with van der Waals surface area (Å²) >= 11 is 1.56. The highest BCUT2D eigenvalue weighted by molar-refractivity contribution is 7.11. The van der Waals surface area contributed by atoms with E-state index < -0.39 is 0 Å². The van der Waals surface area contributed by atoms with E-state index in [1.807, 2.05) is 48.2 Å². The molecule has 1 aromatic heterocycles. The molecule has 3 aromatic rings. The molecule has 1 atom stereocenters. The molecule has 3 amide bonds. The molecule has 2 aromatic carbocycles. The largest absolute Gasteiger partial charge is 0.469 e. The second kappa shape index (κ2) is 11.8. The van der Waals surface area contributed by atoms with Crippen molar-refractivity contribution in [2.45, 2.75) is 45.1 Å². The lowest BCUT2D eigenvalue weighted by atomic mass is 10.1. The van der Waals surface area contributed by atoms with Gasteiger partial charge in [0.05, 0.1) is 26.0 Å². The minimum Gasteiger partial charge on any atom is -0.469 e. The smallest absolute Gasteiger partial charge is 0.323 e. The number of esters is 1.